The molecule has 1 heterocycles. The van der Waals surface area contributed by atoms with Crippen molar-refractivity contribution in [2.24, 2.45) is 0 Å². The van der Waals surface area contributed by atoms with Crippen LogP contribution in [0.1, 0.15) is 26.1 Å². The normalized spacial score (nSPS) is 13.9. The summed E-state index contributed by atoms with van der Waals surface area (Å²) in [6, 6.07) is -0.307. The van der Waals surface area contributed by atoms with E-state index in [9.17, 15) is 8.42 Å². The zero-order valence-electron chi connectivity index (χ0n) is 10.3. The Morgan fingerprint density at radius 2 is 2.24 bits per heavy atom. The number of aryl methyl sites for hydroxylation is 2. The topological polar surface area (TPSA) is 64.0 Å². The summed E-state index contributed by atoms with van der Waals surface area (Å²) in [5.74, 6) is 0.930. The molecule has 0 aliphatic carbocycles. The van der Waals surface area contributed by atoms with Crippen molar-refractivity contribution < 1.29 is 8.42 Å². The predicted molar refractivity (Wildman–Crippen MR) is 67.8 cm³/mol. The first-order valence-electron chi connectivity index (χ1n) is 5.52. The van der Waals surface area contributed by atoms with Crippen LogP contribution in [-0.4, -0.2) is 29.9 Å². The molecule has 5 nitrogen and oxygen atoms in total. The van der Waals surface area contributed by atoms with Crippen molar-refractivity contribution in [2.45, 2.75) is 44.8 Å². The van der Waals surface area contributed by atoms with E-state index in [1.807, 2.05) is 11.5 Å². The summed E-state index contributed by atoms with van der Waals surface area (Å²) in [5.41, 5.74) is 0. The lowest BCUT2D eigenvalue weighted by atomic mass is 10.4. The molecule has 0 saturated heterocycles. The van der Waals surface area contributed by atoms with Gasteiger partial charge in [0, 0.05) is 24.7 Å². The second kappa shape index (κ2) is 5.84. The van der Waals surface area contributed by atoms with E-state index in [1.54, 1.807) is 20.0 Å². The van der Waals surface area contributed by atoms with E-state index in [1.165, 1.54) is 0 Å². The molecule has 0 saturated carbocycles. The van der Waals surface area contributed by atoms with Crippen LogP contribution in [-0.2, 0) is 16.6 Å². The Hall–Kier alpha value is -0.590. The van der Waals surface area contributed by atoms with E-state index in [0.717, 1.165) is 13.0 Å². The van der Waals surface area contributed by atoms with Gasteiger partial charge in [0.25, 0.3) is 10.0 Å². The molecule has 1 aromatic rings. The fraction of sp³-hybridized carbons (Fsp3) is 0.700. The van der Waals surface area contributed by atoms with Crippen molar-refractivity contribution >= 4 is 21.6 Å². The maximum Gasteiger partial charge on any atom is 0.259 e. The number of alkyl halides is 1. The number of sulfonamides is 1. The molecule has 0 aromatic carbocycles. The second-order valence-electron chi connectivity index (χ2n) is 4.00. The van der Waals surface area contributed by atoms with Crippen LogP contribution in [0.25, 0.3) is 0 Å². The third-order valence-corrected chi connectivity index (χ3v) is 4.20. The Labute approximate surface area is 107 Å². The number of hydrogen-bond donors (Lipinski definition) is 1. The van der Waals surface area contributed by atoms with E-state index < -0.39 is 10.0 Å². The Bertz CT molecular complexity index is 470. The van der Waals surface area contributed by atoms with Gasteiger partial charge in [-0.15, -0.1) is 11.6 Å². The summed E-state index contributed by atoms with van der Waals surface area (Å²) < 4.78 is 28.2. The van der Waals surface area contributed by atoms with Crippen molar-refractivity contribution in [1.29, 1.82) is 0 Å². The van der Waals surface area contributed by atoms with Crippen molar-refractivity contribution in [1.82, 2.24) is 14.3 Å². The van der Waals surface area contributed by atoms with Gasteiger partial charge >= 0.3 is 0 Å². The summed E-state index contributed by atoms with van der Waals surface area (Å²) in [6.45, 7) is 6.29. The highest BCUT2D eigenvalue weighted by Gasteiger charge is 2.20. The molecule has 1 aromatic heterocycles. The SMILES string of the molecule is CCCn1cc(S(=O)(=O)NC(C)CCl)nc1C. The third-order valence-electron chi connectivity index (χ3n) is 2.28. The van der Waals surface area contributed by atoms with Gasteiger partial charge in [0.05, 0.1) is 0 Å². The maximum absolute atomic E-state index is 11.9. The molecule has 0 radical (unpaired) electrons. The molecule has 0 aliphatic rings. The standard InChI is InChI=1S/C10H18ClN3O2S/c1-4-5-14-7-10(12-9(14)3)17(15,16)13-8(2)6-11/h7-8,13H,4-6H2,1-3H3. The molecule has 0 spiro atoms. The van der Waals surface area contributed by atoms with Gasteiger partial charge in [0.1, 0.15) is 5.82 Å². The first-order valence-corrected chi connectivity index (χ1v) is 7.54. The highest BCUT2D eigenvalue weighted by molar-refractivity contribution is 7.89. The van der Waals surface area contributed by atoms with Crippen LogP contribution in [0.5, 0.6) is 0 Å². The van der Waals surface area contributed by atoms with Gasteiger partial charge in [0.2, 0.25) is 0 Å². The van der Waals surface area contributed by atoms with E-state index in [0.29, 0.717) is 5.82 Å². The molecule has 98 valence electrons. The van der Waals surface area contributed by atoms with Crippen LogP contribution < -0.4 is 4.72 Å². The van der Waals surface area contributed by atoms with Gasteiger partial charge in [-0.1, -0.05) is 6.92 Å². The van der Waals surface area contributed by atoms with Gasteiger partial charge in [-0.2, -0.15) is 0 Å². The Kier molecular flexibility index (Phi) is 4.97. The number of aromatic nitrogens is 2. The lowest BCUT2D eigenvalue weighted by Gasteiger charge is -2.08. The minimum atomic E-state index is -3.56. The average molecular weight is 280 g/mol. The largest absolute Gasteiger partial charge is 0.334 e. The fourth-order valence-corrected chi connectivity index (χ4v) is 2.85. The monoisotopic (exact) mass is 279 g/mol. The molecule has 7 heteroatoms. The van der Waals surface area contributed by atoms with Gasteiger partial charge in [-0.3, -0.25) is 0 Å². The molecular weight excluding hydrogens is 262 g/mol. The van der Waals surface area contributed by atoms with Gasteiger partial charge < -0.3 is 4.57 Å². The smallest absolute Gasteiger partial charge is 0.259 e. The summed E-state index contributed by atoms with van der Waals surface area (Å²) >= 11 is 5.58. The highest BCUT2D eigenvalue weighted by Crippen LogP contribution is 2.10. The summed E-state index contributed by atoms with van der Waals surface area (Å²) in [4.78, 5) is 4.06. The molecule has 1 N–H and O–H groups in total. The zero-order valence-corrected chi connectivity index (χ0v) is 11.8. The van der Waals surface area contributed by atoms with Crippen LogP contribution >= 0.6 is 11.6 Å². The molecule has 1 rings (SSSR count). The van der Waals surface area contributed by atoms with Crippen molar-refractivity contribution in [3.63, 3.8) is 0 Å². The molecule has 17 heavy (non-hydrogen) atoms. The zero-order chi connectivity index (χ0) is 13.1. The molecular formula is C10H18ClN3O2S. The summed E-state index contributed by atoms with van der Waals surface area (Å²) in [7, 11) is -3.56. The van der Waals surface area contributed by atoms with Crippen LogP contribution in [0.2, 0.25) is 0 Å². The average Bonchev–Trinajstić information content (AvgIpc) is 2.61. The minimum absolute atomic E-state index is 0.0559. The van der Waals surface area contributed by atoms with E-state index in [4.69, 9.17) is 11.6 Å². The van der Waals surface area contributed by atoms with Crippen LogP contribution in [0.4, 0.5) is 0 Å². The quantitative estimate of drug-likeness (QED) is 0.803. The third kappa shape index (κ3) is 3.69. The first kappa shape index (κ1) is 14.5. The first-order chi connectivity index (χ1) is 7.90. The minimum Gasteiger partial charge on any atom is -0.334 e. The molecule has 0 fully saturated rings. The number of nitrogens with zero attached hydrogens (tertiary/aromatic N) is 2. The number of imidazole rings is 1. The molecule has 0 amide bonds. The molecule has 0 bridgehead atoms. The predicted octanol–water partition coefficient (Wildman–Crippen LogP) is 1.51. The van der Waals surface area contributed by atoms with E-state index in [2.05, 4.69) is 9.71 Å². The van der Waals surface area contributed by atoms with Crippen LogP contribution in [0.3, 0.4) is 0 Å². The second-order valence-corrected chi connectivity index (χ2v) is 5.97. The number of rotatable bonds is 6. The van der Waals surface area contributed by atoms with Crippen molar-refractivity contribution in [3.05, 3.63) is 12.0 Å². The number of hydrogen-bond acceptors (Lipinski definition) is 3. The lowest BCUT2D eigenvalue weighted by Crippen LogP contribution is -2.33. The number of halogens is 1. The Balaban J connectivity index is 2.95. The van der Waals surface area contributed by atoms with Gasteiger partial charge in [-0.25, -0.2) is 18.1 Å². The van der Waals surface area contributed by atoms with Gasteiger partial charge in [-0.05, 0) is 20.3 Å². The molecule has 1 atom stereocenters. The maximum atomic E-state index is 11.9. The molecule has 0 aliphatic heterocycles. The molecule has 1 unspecified atom stereocenters. The van der Waals surface area contributed by atoms with Crippen LogP contribution in [0.15, 0.2) is 11.2 Å². The lowest BCUT2D eigenvalue weighted by molar-refractivity contribution is 0.567. The summed E-state index contributed by atoms with van der Waals surface area (Å²) in [6.07, 6.45) is 2.49. The van der Waals surface area contributed by atoms with Crippen molar-refractivity contribution in [2.75, 3.05) is 5.88 Å². The van der Waals surface area contributed by atoms with E-state index >= 15 is 0 Å². The van der Waals surface area contributed by atoms with E-state index in [-0.39, 0.29) is 16.9 Å². The van der Waals surface area contributed by atoms with Crippen molar-refractivity contribution in [3.8, 4) is 0 Å². The number of nitrogens with one attached hydrogen (secondary N) is 1. The Morgan fingerprint density at radius 1 is 1.59 bits per heavy atom. The van der Waals surface area contributed by atoms with Gasteiger partial charge in [0.15, 0.2) is 5.03 Å². The highest BCUT2D eigenvalue weighted by atomic mass is 35.5. The Morgan fingerprint density at radius 3 is 2.76 bits per heavy atom. The summed E-state index contributed by atoms with van der Waals surface area (Å²) in [5, 5.41) is 0.0559. The van der Waals surface area contributed by atoms with Crippen LogP contribution in [0, 0.1) is 6.92 Å². The fourth-order valence-electron chi connectivity index (χ4n) is 1.43.